The zero-order valence-corrected chi connectivity index (χ0v) is 6.90. The highest BCUT2D eigenvalue weighted by Crippen LogP contribution is 2.13. The van der Waals surface area contributed by atoms with Crippen LogP contribution in [0.5, 0.6) is 0 Å². The smallest absolute Gasteiger partial charge is 0.318 e. The molecule has 1 unspecified atom stereocenters. The molecule has 0 aliphatic carbocycles. The van der Waals surface area contributed by atoms with Gasteiger partial charge in [-0.15, -0.1) is 0 Å². The lowest BCUT2D eigenvalue weighted by atomic mass is 10.00. The number of nitrogens with zero attached hydrogens (tertiary/aromatic N) is 1. The van der Waals surface area contributed by atoms with Crippen molar-refractivity contribution in [2.75, 3.05) is 7.11 Å². The lowest BCUT2D eigenvalue weighted by molar-refractivity contribution is -0.141. The fourth-order valence-electron chi connectivity index (χ4n) is 0.961. The summed E-state index contributed by atoms with van der Waals surface area (Å²) in [6.45, 7) is 1.70. The number of carbonyl (C=O) groups excluding carboxylic acids is 2. The molecule has 0 aromatic rings. The zero-order chi connectivity index (χ0) is 9.14. The highest BCUT2D eigenvalue weighted by atomic mass is 16.5. The van der Waals surface area contributed by atoms with Crippen molar-refractivity contribution in [1.82, 2.24) is 0 Å². The molecule has 1 amide bonds. The molecule has 1 rings (SSSR count). The lowest BCUT2D eigenvalue weighted by Crippen LogP contribution is -2.22. The third-order valence-corrected chi connectivity index (χ3v) is 1.65. The second-order valence-corrected chi connectivity index (χ2v) is 2.51. The maximum absolute atomic E-state index is 11.0. The van der Waals surface area contributed by atoms with Crippen LogP contribution >= 0.6 is 0 Å². The van der Waals surface area contributed by atoms with Crippen LogP contribution in [0.2, 0.25) is 0 Å². The minimum absolute atomic E-state index is 0.326. The van der Waals surface area contributed by atoms with Gasteiger partial charge in [0.15, 0.2) is 0 Å². The highest BCUT2D eigenvalue weighted by Gasteiger charge is 2.22. The molecule has 0 aromatic carbocycles. The summed E-state index contributed by atoms with van der Waals surface area (Å²) in [6.07, 6.45) is 2.64. The van der Waals surface area contributed by atoms with Crippen molar-refractivity contribution in [2.45, 2.75) is 6.92 Å². The van der Waals surface area contributed by atoms with Crippen molar-refractivity contribution in [3.63, 3.8) is 0 Å². The third kappa shape index (κ3) is 1.58. The molecular weight excluding hydrogens is 158 g/mol. The van der Waals surface area contributed by atoms with E-state index in [1.807, 2.05) is 0 Å². The van der Waals surface area contributed by atoms with Crippen LogP contribution < -0.4 is 0 Å². The summed E-state index contributed by atoms with van der Waals surface area (Å²) in [5.41, 5.74) is 0.668. The first-order valence-corrected chi connectivity index (χ1v) is 3.49. The van der Waals surface area contributed by atoms with Gasteiger partial charge < -0.3 is 4.74 Å². The van der Waals surface area contributed by atoms with Gasteiger partial charge in [-0.2, -0.15) is 0 Å². The van der Waals surface area contributed by atoms with E-state index in [-0.39, 0.29) is 11.9 Å². The number of dihydropyridines is 1. The maximum Gasteiger partial charge on any atom is 0.318 e. The van der Waals surface area contributed by atoms with Crippen molar-refractivity contribution in [3.05, 3.63) is 11.6 Å². The number of aliphatic imine (C=N–C) groups is 1. The van der Waals surface area contributed by atoms with Gasteiger partial charge in [-0.3, -0.25) is 9.59 Å². The van der Waals surface area contributed by atoms with Crippen LogP contribution in [0.1, 0.15) is 6.92 Å². The van der Waals surface area contributed by atoms with Gasteiger partial charge in [-0.05, 0) is 12.5 Å². The Morgan fingerprint density at radius 2 is 2.33 bits per heavy atom. The van der Waals surface area contributed by atoms with Crippen molar-refractivity contribution < 1.29 is 14.3 Å². The Kier molecular flexibility index (Phi) is 2.38. The van der Waals surface area contributed by atoms with E-state index in [9.17, 15) is 9.59 Å². The zero-order valence-electron chi connectivity index (χ0n) is 6.90. The fourth-order valence-corrected chi connectivity index (χ4v) is 0.961. The molecule has 0 saturated carbocycles. The number of rotatable bonds is 1. The summed E-state index contributed by atoms with van der Waals surface area (Å²) in [5.74, 6) is -1.21. The van der Waals surface area contributed by atoms with E-state index in [0.29, 0.717) is 5.57 Å². The van der Waals surface area contributed by atoms with Crippen LogP contribution in [-0.4, -0.2) is 25.2 Å². The topological polar surface area (TPSA) is 55.7 Å². The summed E-state index contributed by atoms with van der Waals surface area (Å²) in [4.78, 5) is 25.2. The van der Waals surface area contributed by atoms with E-state index in [1.165, 1.54) is 19.4 Å². The van der Waals surface area contributed by atoms with E-state index < -0.39 is 5.92 Å². The van der Waals surface area contributed by atoms with E-state index in [2.05, 4.69) is 9.73 Å². The molecule has 0 radical (unpaired) electrons. The third-order valence-electron chi connectivity index (χ3n) is 1.65. The lowest BCUT2D eigenvalue weighted by Gasteiger charge is -2.12. The Morgan fingerprint density at radius 3 is 2.83 bits per heavy atom. The number of carbonyl (C=O) groups is 2. The minimum atomic E-state index is -0.493. The first kappa shape index (κ1) is 8.64. The van der Waals surface area contributed by atoms with Gasteiger partial charge in [-0.1, -0.05) is 0 Å². The molecule has 0 spiro atoms. The van der Waals surface area contributed by atoms with Gasteiger partial charge in [0.25, 0.3) is 5.91 Å². The van der Waals surface area contributed by atoms with Gasteiger partial charge in [-0.25, -0.2) is 4.99 Å². The highest BCUT2D eigenvalue weighted by molar-refractivity contribution is 6.05. The Hall–Kier alpha value is -1.45. The predicted octanol–water partition coefficient (Wildman–Crippen LogP) is 0.333. The molecule has 0 fully saturated rings. The quantitative estimate of drug-likeness (QED) is 0.529. The van der Waals surface area contributed by atoms with Gasteiger partial charge in [0, 0.05) is 12.3 Å². The Labute approximate surface area is 69.9 Å². The molecule has 1 atom stereocenters. The Balaban J connectivity index is 2.82. The number of amides is 1. The second-order valence-electron chi connectivity index (χ2n) is 2.51. The summed E-state index contributed by atoms with van der Waals surface area (Å²) >= 11 is 0. The van der Waals surface area contributed by atoms with Crippen LogP contribution in [0.15, 0.2) is 16.6 Å². The molecular formula is C8H9NO3. The molecule has 0 N–H and O–H groups in total. The van der Waals surface area contributed by atoms with Gasteiger partial charge in [0.1, 0.15) is 5.92 Å². The van der Waals surface area contributed by atoms with Gasteiger partial charge in [0.05, 0.1) is 7.11 Å². The van der Waals surface area contributed by atoms with Crippen LogP contribution in [0.3, 0.4) is 0 Å². The molecule has 0 bridgehead atoms. The summed E-state index contributed by atoms with van der Waals surface area (Å²) in [6, 6.07) is 0. The first-order chi connectivity index (χ1) is 5.65. The molecule has 1 heterocycles. The molecule has 4 heteroatoms. The average molecular weight is 167 g/mol. The maximum atomic E-state index is 11.0. The van der Waals surface area contributed by atoms with E-state index in [1.54, 1.807) is 6.92 Å². The van der Waals surface area contributed by atoms with Crippen molar-refractivity contribution in [2.24, 2.45) is 10.9 Å². The monoisotopic (exact) mass is 167 g/mol. The predicted molar refractivity (Wildman–Crippen MR) is 42.8 cm³/mol. The molecule has 64 valence electrons. The number of esters is 1. The molecule has 1 aliphatic rings. The molecule has 0 saturated heterocycles. The average Bonchev–Trinajstić information content (AvgIpc) is 2.03. The molecule has 1 aliphatic heterocycles. The van der Waals surface area contributed by atoms with Crippen LogP contribution in [0.4, 0.5) is 0 Å². The summed E-state index contributed by atoms with van der Waals surface area (Å²) < 4.78 is 4.51. The van der Waals surface area contributed by atoms with E-state index in [4.69, 9.17) is 0 Å². The molecule has 4 nitrogen and oxygen atoms in total. The Bertz CT molecular complexity index is 278. The van der Waals surface area contributed by atoms with Crippen molar-refractivity contribution in [1.29, 1.82) is 0 Å². The van der Waals surface area contributed by atoms with Crippen LogP contribution in [-0.2, 0) is 14.3 Å². The van der Waals surface area contributed by atoms with E-state index in [0.717, 1.165) is 0 Å². The van der Waals surface area contributed by atoms with Gasteiger partial charge >= 0.3 is 5.97 Å². The number of ether oxygens (including phenoxy) is 1. The van der Waals surface area contributed by atoms with Crippen molar-refractivity contribution >= 4 is 18.1 Å². The fraction of sp³-hybridized carbons (Fsp3) is 0.375. The largest absolute Gasteiger partial charge is 0.468 e. The normalized spacial score (nSPS) is 22.0. The molecule has 12 heavy (non-hydrogen) atoms. The van der Waals surface area contributed by atoms with Gasteiger partial charge in [0.2, 0.25) is 0 Å². The minimum Gasteiger partial charge on any atom is -0.468 e. The second kappa shape index (κ2) is 3.30. The van der Waals surface area contributed by atoms with Crippen molar-refractivity contribution in [3.8, 4) is 0 Å². The van der Waals surface area contributed by atoms with Crippen LogP contribution in [0.25, 0.3) is 0 Å². The number of hydrogen-bond donors (Lipinski definition) is 0. The number of hydrogen-bond acceptors (Lipinski definition) is 3. The Morgan fingerprint density at radius 1 is 1.67 bits per heavy atom. The first-order valence-electron chi connectivity index (χ1n) is 3.49. The summed E-state index contributed by atoms with van der Waals surface area (Å²) in [7, 11) is 1.31. The summed E-state index contributed by atoms with van der Waals surface area (Å²) in [5, 5.41) is 0. The molecule has 0 aromatic heterocycles. The van der Waals surface area contributed by atoms with Crippen LogP contribution in [0, 0.1) is 5.92 Å². The standard InChI is InChI=1S/C8H9NO3/c1-5-3-7(10)9-4-6(5)8(11)12-2/h3-4,6H,1-2H3. The number of methoxy groups -OCH3 is 1. The SMILES string of the molecule is COC(=O)C1C=NC(=O)C=C1C. The van der Waals surface area contributed by atoms with E-state index >= 15 is 0 Å².